The Labute approximate surface area is 162 Å². The molecule has 1 heterocycles. The van der Waals surface area contributed by atoms with Crippen LogP contribution >= 0.6 is 11.6 Å². The van der Waals surface area contributed by atoms with Crippen LogP contribution in [0.15, 0.2) is 48.5 Å². The van der Waals surface area contributed by atoms with Gasteiger partial charge in [0.2, 0.25) is 5.91 Å². The van der Waals surface area contributed by atoms with Gasteiger partial charge in [-0.2, -0.15) is 0 Å². The highest BCUT2D eigenvalue weighted by molar-refractivity contribution is 6.30. The van der Waals surface area contributed by atoms with E-state index in [1.165, 1.54) is 17.0 Å². The monoisotopic (exact) mass is 390 g/mol. The van der Waals surface area contributed by atoms with Crippen molar-refractivity contribution in [3.8, 4) is 5.75 Å². The van der Waals surface area contributed by atoms with Crippen LogP contribution in [0.5, 0.6) is 5.75 Å². The van der Waals surface area contributed by atoms with Gasteiger partial charge in [-0.15, -0.1) is 0 Å². The van der Waals surface area contributed by atoms with Gasteiger partial charge in [0.25, 0.3) is 5.91 Å². The number of halogens is 2. The molecule has 1 aliphatic rings. The van der Waals surface area contributed by atoms with Crippen LogP contribution in [-0.2, 0) is 16.0 Å². The number of rotatable bonds is 7. The average molecular weight is 391 g/mol. The van der Waals surface area contributed by atoms with Gasteiger partial charge in [-0.3, -0.25) is 9.59 Å². The van der Waals surface area contributed by atoms with Crippen LogP contribution in [0, 0.1) is 11.7 Å². The third-order valence-corrected chi connectivity index (χ3v) is 4.67. The molecule has 142 valence electrons. The molecule has 2 aromatic carbocycles. The van der Waals surface area contributed by atoms with Crippen molar-refractivity contribution in [2.75, 3.05) is 26.2 Å². The normalized spacial score (nSPS) is 13.8. The molecule has 0 aromatic heterocycles. The fraction of sp³-hybridized carbons (Fsp3) is 0.300. The summed E-state index contributed by atoms with van der Waals surface area (Å²) in [4.78, 5) is 25.7. The molecule has 0 saturated carbocycles. The van der Waals surface area contributed by atoms with E-state index >= 15 is 0 Å². The lowest BCUT2D eigenvalue weighted by molar-refractivity contribution is -0.144. The largest absolute Gasteiger partial charge is 0.481 e. The summed E-state index contributed by atoms with van der Waals surface area (Å²) >= 11 is 5.84. The first-order valence-corrected chi connectivity index (χ1v) is 9.08. The van der Waals surface area contributed by atoms with E-state index < -0.39 is 5.82 Å². The molecule has 1 aliphatic heterocycles. The van der Waals surface area contributed by atoms with Crippen LogP contribution in [-0.4, -0.2) is 43.0 Å². The first-order valence-electron chi connectivity index (χ1n) is 8.70. The maximum Gasteiger partial charge on any atom is 0.260 e. The average Bonchev–Trinajstić information content (AvgIpc) is 2.61. The molecule has 0 bridgehead atoms. The standard InChI is InChI=1S/C20H20ClFN2O3/c21-16-7-5-14(6-8-16)9-10-23-20(26)15-11-24(12-15)19(25)13-27-18-4-2-1-3-17(18)22/h1-8,15H,9-13H2,(H,23,26). The van der Waals surface area contributed by atoms with E-state index in [1.54, 1.807) is 12.1 Å². The Bertz CT molecular complexity index is 807. The molecule has 0 radical (unpaired) electrons. The highest BCUT2D eigenvalue weighted by atomic mass is 35.5. The SMILES string of the molecule is O=C(NCCc1ccc(Cl)cc1)C1CN(C(=O)COc2ccccc2F)C1. The van der Waals surface area contributed by atoms with Crippen molar-refractivity contribution < 1.29 is 18.7 Å². The second kappa shape index (κ2) is 8.86. The zero-order valence-electron chi connectivity index (χ0n) is 14.7. The number of para-hydroxylation sites is 1. The van der Waals surface area contributed by atoms with E-state index in [2.05, 4.69) is 5.32 Å². The molecule has 7 heteroatoms. The molecule has 0 spiro atoms. The Morgan fingerprint density at radius 2 is 1.85 bits per heavy atom. The van der Waals surface area contributed by atoms with Gasteiger partial charge >= 0.3 is 0 Å². The highest BCUT2D eigenvalue weighted by Gasteiger charge is 2.35. The van der Waals surface area contributed by atoms with E-state index in [0.29, 0.717) is 24.7 Å². The number of benzene rings is 2. The summed E-state index contributed by atoms with van der Waals surface area (Å²) in [6, 6.07) is 13.4. The Morgan fingerprint density at radius 3 is 2.56 bits per heavy atom. The molecule has 1 N–H and O–H groups in total. The molecular formula is C20H20ClFN2O3. The number of carbonyl (C=O) groups excluding carboxylic acids is 2. The van der Waals surface area contributed by atoms with Gasteiger partial charge in [0.15, 0.2) is 18.2 Å². The first-order chi connectivity index (χ1) is 13.0. The number of amides is 2. The second-order valence-corrected chi connectivity index (χ2v) is 6.82. The van der Waals surface area contributed by atoms with Gasteiger partial charge in [0.05, 0.1) is 5.92 Å². The summed E-state index contributed by atoms with van der Waals surface area (Å²) in [6.07, 6.45) is 0.717. The topological polar surface area (TPSA) is 58.6 Å². The fourth-order valence-electron chi connectivity index (χ4n) is 2.77. The van der Waals surface area contributed by atoms with Crippen molar-refractivity contribution >= 4 is 23.4 Å². The minimum atomic E-state index is -0.508. The predicted octanol–water partition coefficient (Wildman–Crippen LogP) is 2.68. The molecule has 2 amide bonds. The lowest BCUT2D eigenvalue weighted by Crippen LogP contribution is -2.56. The van der Waals surface area contributed by atoms with E-state index in [1.807, 2.05) is 24.3 Å². The summed E-state index contributed by atoms with van der Waals surface area (Å²) in [7, 11) is 0. The maximum absolute atomic E-state index is 13.5. The van der Waals surface area contributed by atoms with Crippen LogP contribution in [0.3, 0.4) is 0 Å². The number of ether oxygens (including phenoxy) is 1. The van der Waals surface area contributed by atoms with Crippen molar-refractivity contribution in [3.63, 3.8) is 0 Å². The van der Waals surface area contributed by atoms with Crippen molar-refractivity contribution in [2.24, 2.45) is 5.92 Å². The molecule has 5 nitrogen and oxygen atoms in total. The Balaban J connectivity index is 1.34. The molecular weight excluding hydrogens is 371 g/mol. The summed E-state index contributed by atoms with van der Waals surface area (Å²) in [5, 5.41) is 3.56. The van der Waals surface area contributed by atoms with Crippen molar-refractivity contribution in [1.29, 1.82) is 0 Å². The minimum Gasteiger partial charge on any atom is -0.481 e. The molecule has 2 aromatic rings. The third-order valence-electron chi connectivity index (χ3n) is 4.42. The molecule has 27 heavy (non-hydrogen) atoms. The summed E-state index contributed by atoms with van der Waals surface area (Å²) < 4.78 is 18.7. The van der Waals surface area contributed by atoms with Crippen LogP contribution in [0.25, 0.3) is 0 Å². The number of hydrogen-bond acceptors (Lipinski definition) is 3. The number of hydrogen-bond donors (Lipinski definition) is 1. The Kier molecular flexibility index (Phi) is 6.29. The molecule has 1 fully saturated rings. The van der Waals surface area contributed by atoms with Gasteiger partial charge in [0, 0.05) is 24.7 Å². The summed E-state index contributed by atoms with van der Waals surface area (Å²) in [5.41, 5.74) is 1.09. The van der Waals surface area contributed by atoms with Gasteiger partial charge in [-0.1, -0.05) is 35.9 Å². The summed E-state index contributed by atoms with van der Waals surface area (Å²) in [5.74, 6) is -1.01. The molecule has 0 atom stereocenters. The Morgan fingerprint density at radius 1 is 1.15 bits per heavy atom. The number of carbonyl (C=O) groups is 2. The smallest absolute Gasteiger partial charge is 0.260 e. The van der Waals surface area contributed by atoms with Crippen molar-refractivity contribution in [2.45, 2.75) is 6.42 Å². The predicted molar refractivity (Wildman–Crippen MR) is 100 cm³/mol. The number of nitrogens with zero attached hydrogens (tertiary/aromatic N) is 1. The zero-order chi connectivity index (χ0) is 19.2. The quantitative estimate of drug-likeness (QED) is 0.790. The van der Waals surface area contributed by atoms with Crippen LogP contribution < -0.4 is 10.1 Å². The lowest BCUT2D eigenvalue weighted by atomic mass is 9.99. The van der Waals surface area contributed by atoms with Gasteiger partial charge < -0.3 is 15.0 Å². The van der Waals surface area contributed by atoms with Crippen LogP contribution in [0.2, 0.25) is 5.02 Å². The fourth-order valence-corrected chi connectivity index (χ4v) is 2.89. The van der Waals surface area contributed by atoms with Crippen molar-refractivity contribution in [3.05, 3.63) is 64.9 Å². The van der Waals surface area contributed by atoms with E-state index in [-0.39, 0.29) is 30.1 Å². The van der Waals surface area contributed by atoms with Gasteiger partial charge in [-0.25, -0.2) is 4.39 Å². The molecule has 0 aliphatic carbocycles. The number of nitrogens with one attached hydrogen (secondary N) is 1. The molecule has 0 unspecified atom stereocenters. The molecule has 3 rings (SSSR count). The van der Waals surface area contributed by atoms with E-state index in [0.717, 1.165) is 12.0 Å². The first kappa shape index (κ1) is 19.2. The zero-order valence-corrected chi connectivity index (χ0v) is 15.4. The highest BCUT2D eigenvalue weighted by Crippen LogP contribution is 2.18. The van der Waals surface area contributed by atoms with Gasteiger partial charge in [-0.05, 0) is 36.2 Å². The third kappa shape index (κ3) is 5.20. The summed E-state index contributed by atoms with van der Waals surface area (Å²) in [6.45, 7) is 0.992. The Hall–Kier alpha value is -2.60. The second-order valence-electron chi connectivity index (χ2n) is 6.38. The molecule has 1 saturated heterocycles. The minimum absolute atomic E-state index is 0.0443. The van der Waals surface area contributed by atoms with E-state index in [9.17, 15) is 14.0 Å². The van der Waals surface area contributed by atoms with Gasteiger partial charge in [0.1, 0.15) is 0 Å². The maximum atomic E-state index is 13.5. The lowest BCUT2D eigenvalue weighted by Gasteiger charge is -2.38. The van der Waals surface area contributed by atoms with Crippen LogP contribution in [0.1, 0.15) is 5.56 Å². The van der Waals surface area contributed by atoms with Crippen molar-refractivity contribution in [1.82, 2.24) is 10.2 Å². The van der Waals surface area contributed by atoms with Crippen LogP contribution in [0.4, 0.5) is 4.39 Å². The number of likely N-dealkylation sites (tertiary alicyclic amines) is 1. The van der Waals surface area contributed by atoms with E-state index in [4.69, 9.17) is 16.3 Å².